The number of aromatic nitrogens is 1. The van der Waals surface area contributed by atoms with E-state index >= 15 is 0 Å². The van der Waals surface area contributed by atoms with Crippen LogP contribution in [0, 0.1) is 0 Å². The molecule has 0 bridgehead atoms. The summed E-state index contributed by atoms with van der Waals surface area (Å²) in [5.41, 5.74) is 5.49. The van der Waals surface area contributed by atoms with Crippen molar-refractivity contribution < 1.29 is 5.11 Å². The van der Waals surface area contributed by atoms with Crippen LogP contribution in [-0.4, -0.2) is 22.5 Å². The van der Waals surface area contributed by atoms with Gasteiger partial charge in [-0.05, 0) is 30.7 Å². The molecule has 0 unspecified atom stereocenters. The lowest BCUT2D eigenvalue weighted by molar-refractivity contribution is 0.283. The fourth-order valence-electron chi connectivity index (χ4n) is 1.23. The molecule has 0 saturated heterocycles. The lowest BCUT2D eigenvalue weighted by Crippen LogP contribution is -1.89. The molecule has 0 aliphatic carbocycles. The zero-order valence-electron chi connectivity index (χ0n) is 8.85. The number of nitrogens with two attached hydrogens (primary N) is 1. The lowest BCUT2D eigenvalue weighted by Gasteiger charge is -2.01. The predicted octanol–water partition coefficient (Wildman–Crippen LogP) is 2.31. The van der Waals surface area contributed by atoms with Crippen LogP contribution in [0.1, 0.15) is 25.7 Å². The molecule has 0 fully saturated rings. The highest BCUT2D eigenvalue weighted by Crippen LogP contribution is 2.19. The van der Waals surface area contributed by atoms with Crippen LogP contribution in [0.4, 0.5) is 5.82 Å². The van der Waals surface area contributed by atoms with Crippen molar-refractivity contribution in [1.29, 1.82) is 0 Å². The second-order valence-corrected chi connectivity index (χ2v) is 4.57. The lowest BCUT2D eigenvalue weighted by atomic mass is 10.2. The van der Waals surface area contributed by atoms with E-state index in [1.807, 2.05) is 18.3 Å². The summed E-state index contributed by atoms with van der Waals surface area (Å²) in [5, 5.41) is 8.60. The first-order valence-corrected chi connectivity index (χ1v) is 6.26. The molecule has 3 nitrogen and oxygen atoms in total. The Morgan fingerprint density at radius 1 is 1.20 bits per heavy atom. The van der Waals surface area contributed by atoms with Gasteiger partial charge >= 0.3 is 0 Å². The van der Waals surface area contributed by atoms with E-state index in [-0.39, 0.29) is 0 Å². The summed E-state index contributed by atoms with van der Waals surface area (Å²) >= 11 is 1.81. The van der Waals surface area contributed by atoms with Crippen LogP contribution in [-0.2, 0) is 0 Å². The van der Waals surface area contributed by atoms with Crippen LogP contribution in [0.25, 0.3) is 0 Å². The molecule has 0 aromatic carbocycles. The minimum Gasteiger partial charge on any atom is -0.396 e. The van der Waals surface area contributed by atoms with Crippen molar-refractivity contribution in [2.75, 3.05) is 18.1 Å². The Balaban J connectivity index is 2.07. The summed E-state index contributed by atoms with van der Waals surface area (Å²) < 4.78 is 0. The number of hydrogen-bond donors (Lipinski definition) is 2. The van der Waals surface area contributed by atoms with Crippen molar-refractivity contribution in [3.63, 3.8) is 0 Å². The van der Waals surface area contributed by atoms with Gasteiger partial charge in [0.2, 0.25) is 0 Å². The van der Waals surface area contributed by atoms with E-state index in [2.05, 4.69) is 4.98 Å². The van der Waals surface area contributed by atoms with Crippen molar-refractivity contribution in [3.05, 3.63) is 18.3 Å². The molecule has 0 aliphatic rings. The minimum absolute atomic E-state index is 0.315. The fraction of sp³-hybridized carbons (Fsp3) is 0.545. The Morgan fingerprint density at radius 2 is 2.00 bits per heavy atom. The molecule has 4 heteroatoms. The van der Waals surface area contributed by atoms with Gasteiger partial charge < -0.3 is 10.8 Å². The summed E-state index contributed by atoms with van der Waals surface area (Å²) in [6.07, 6.45) is 6.24. The third-order valence-electron chi connectivity index (χ3n) is 2.08. The van der Waals surface area contributed by atoms with Gasteiger partial charge in [0, 0.05) is 17.7 Å². The summed E-state index contributed by atoms with van der Waals surface area (Å²) in [7, 11) is 0. The highest BCUT2D eigenvalue weighted by molar-refractivity contribution is 7.99. The normalized spacial score (nSPS) is 10.5. The van der Waals surface area contributed by atoms with Crippen molar-refractivity contribution in [1.82, 2.24) is 4.98 Å². The molecule has 0 spiro atoms. The SMILES string of the molecule is Nc1ccc(SCCCCCCO)cn1. The Labute approximate surface area is 95.1 Å². The number of nitrogens with zero attached hydrogens (tertiary/aromatic N) is 1. The summed E-state index contributed by atoms with van der Waals surface area (Å²) in [6.45, 7) is 0.315. The number of thioether (sulfide) groups is 1. The quantitative estimate of drug-likeness (QED) is 0.553. The molecule has 3 N–H and O–H groups in total. The molecule has 1 heterocycles. The predicted molar refractivity (Wildman–Crippen MR) is 64.9 cm³/mol. The van der Waals surface area contributed by atoms with E-state index in [9.17, 15) is 0 Å². The summed E-state index contributed by atoms with van der Waals surface area (Å²) in [6, 6.07) is 3.83. The molecule has 15 heavy (non-hydrogen) atoms. The second kappa shape index (κ2) is 7.54. The highest BCUT2D eigenvalue weighted by atomic mass is 32.2. The topological polar surface area (TPSA) is 59.1 Å². The van der Waals surface area contributed by atoms with Gasteiger partial charge in [-0.15, -0.1) is 11.8 Å². The maximum Gasteiger partial charge on any atom is 0.123 e. The van der Waals surface area contributed by atoms with E-state index in [1.54, 1.807) is 11.8 Å². The summed E-state index contributed by atoms with van der Waals surface area (Å²) in [5.74, 6) is 1.68. The Kier molecular flexibility index (Phi) is 6.20. The first kappa shape index (κ1) is 12.3. The first-order chi connectivity index (χ1) is 7.33. The minimum atomic E-state index is 0.315. The molecular weight excluding hydrogens is 208 g/mol. The van der Waals surface area contributed by atoms with Gasteiger partial charge in [0.25, 0.3) is 0 Å². The molecule has 84 valence electrons. The fourth-order valence-corrected chi connectivity index (χ4v) is 2.11. The van der Waals surface area contributed by atoms with Gasteiger partial charge in [-0.1, -0.05) is 12.8 Å². The van der Waals surface area contributed by atoms with Gasteiger partial charge in [0.05, 0.1) is 0 Å². The van der Waals surface area contributed by atoms with E-state index in [1.165, 1.54) is 17.7 Å². The molecule has 0 aliphatic heterocycles. The third kappa shape index (κ3) is 5.64. The number of hydrogen-bond acceptors (Lipinski definition) is 4. The Hall–Kier alpha value is -0.740. The van der Waals surface area contributed by atoms with E-state index < -0.39 is 0 Å². The molecule has 0 saturated carbocycles. The molecule has 1 aromatic heterocycles. The second-order valence-electron chi connectivity index (χ2n) is 3.41. The largest absolute Gasteiger partial charge is 0.396 e. The number of aliphatic hydroxyl groups excluding tert-OH is 1. The molecule has 0 atom stereocenters. The maximum absolute atomic E-state index is 8.60. The van der Waals surface area contributed by atoms with E-state index in [0.29, 0.717) is 12.4 Å². The number of rotatable bonds is 7. The molecule has 0 radical (unpaired) electrons. The van der Waals surface area contributed by atoms with E-state index in [0.717, 1.165) is 18.6 Å². The Bertz CT molecular complexity index is 264. The zero-order valence-corrected chi connectivity index (χ0v) is 9.67. The van der Waals surface area contributed by atoms with Crippen LogP contribution >= 0.6 is 11.8 Å². The number of pyridine rings is 1. The van der Waals surface area contributed by atoms with Crippen LogP contribution in [0.3, 0.4) is 0 Å². The third-order valence-corrected chi connectivity index (χ3v) is 3.15. The molecule has 0 amide bonds. The smallest absolute Gasteiger partial charge is 0.123 e. The first-order valence-electron chi connectivity index (χ1n) is 5.28. The van der Waals surface area contributed by atoms with Crippen molar-refractivity contribution in [2.45, 2.75) is 30.6 Å². The number of nitrogen functional groups attached to an aromatic ring is 1. The standard InChI is InChI=1S/C11H18N2OS/c12-11-6-5-10(9-13-11)15-8-4-2-1-3-7-14/h5-6,9,14H,1-4,7-8H2,(H2,12,13). The van der Waals surface area contributed by atoms with Crippen molar-refractivity contribution >= 4 is 17.6 Å². The van der Waals surface area contributed by atoms with Crippen LogP contribution in [0.5, 0.6) is 0 Å². The molecule has 1 aromatic rings. The monoisotopic (exact) mass is 226 g/mol. The zero-order chi connectivity index (χ0) is 10.9. The highest BCUT2D eigenvalue weighted by Gasteiger charge is 1.95. The van der Waals surface area contributed by atoms with E-state index in [4.69, 9.17) is 10.8 Å². The van der Waals surface area contributed by atoms with Crippen LogP contribution < -0.4 is 5.73 Å². The summed E-state index contributed by atoms with van der Waals surface area (Å²) in [4.78, 5) is 5.20. The average Bonchev–Trinajstić information content (AvgIpc) is 2.26. The average molecular weight is 226 g/mol. The van der Waals surface area contributed by atoms with Gasteiger partial charge in [-0.3, -0.25) is 0 Å². The van der Waals surface area contributed by atoms with Gasteiger partial charge in [-0.25, -0.2) is 4.98 Å². The molecule has 1 rings (SSSR count). The van der Waals surface area contributed by atoms with Crippen LogP contribution in [0.15, 0.2) is 23.2 Å². The number of anilines is 1. The number of unbranched alkanes of at least 4 members (excludes halogenated alkanes) is 3. The van der Waals surface area contributed by atoms with Gasteiger partial charge in [0.15, 0.2) is 0 Å². The van der Waals surface area contributed by atoms with Crippen molar-refractivity contribution in [2.24, 2.45) is 0 Å². The van der Waals surface area contributed by atoms with Crippen molar-refractivity contribution in [3.8, 4) is 0 Å². The number of aliphatic hydroxyl groups is 1. The molecular formula is C11H18N2OS. The Morgan fingerprint density at radius 3 is 2.67 bits per heavy atom. The van der Waals surface area contributed by atoms with Gasteiger partial charge in [0.1, 0.15) is 5.82 Å². The van der Waals surface area contributed by atoms with Crippen LogP contribution in [0.2, 0.25) is 0 Å². The maximum atomic E-state index is 8.60. The van der Waals surface area contributed by atoms with Gasteiger partial charge in [-0.2, -0.15) is 0 Å².